The molecule has 0 atom stereocenters. The van der Waals surface area contributed by atoms with E-state index in [0.717, 1.165) is 60.7 Å². The van der Waals surface area contributed by atoms with E-state index in [1.165, 1.54) is 0 Å². The Morgan fingerprint density at radius 1 is 0.424 bits per heavy atom. The quantitative estimate of drug-likeness (QED) is 0.0295. The number of hydrogen-bond donors (Lipinski definition) is 0. The summed E-state index contributed by atoms with van der Waals surface area (Å²) < 4.78 is 206. The summed E-state index contributed by atoms with van der Waals surface area (Å²) >= 11 is 0. The smallest absolute Gasteiger partial charge is 0.420 e. The fourth-order valence-corrected chi connectivity index (χ4v) is 5.88. The number of carbonyl (C=O) groups is 4. The summed E-state index contributed by atoms with van der Waals surface area (Å²) in [6.07, 6.45) is -21.4. The van der Waals surface area contributed by atoms with Crippen LogP contribution in [0.5, 0.6) is 23.0 Å². The molecule has 10 nitrogen and oxygen atoms in total. The number of hydrogen-bond acceptors (Lipinski definition) is 10. The van der Waals surface area contributed by atoms with Crippen molar-refractivity contribution >= 4 is 23.9 Å². The van der Waals surface area contributed by atoms with E-state index in [1.807, 2.05) is 0 Å². The van der Waals surface area contributed by atoms with Gasteiger partial charge in [0.25, 0.3) is 0 Å². The number of rotatable bonds is 19. The second-order valence-corrected chi connectivity index (χ2v) is 13.4. The third kappa shape index (κ3) is 14.0. The highest BCUT2D eigenvalue weighted by Crippen LogP contribution is 2.54. The monoisotopic (exact) mass is 950 g/mol. The minimum absolute atomic E-state index is 0.0325. The van der Waals surface area contributed by atoms with Crippen molar-refractivity contribution in [3.8, 4) is 34.1 Å². The van der Waals surface area contributed by atoms with Gasteiger partial charge in [0.15, 0.2) is 0 Å². The zero-order valence-corrected chi connectivity index (χ0v) is 33.8. The Bertz CT molecular complexity index is 2220. The van der Waals surface area contributed by atoms with Crippen LogP contribution in [-0.4, -0.2) is 50.3 Å². The Morgan fingerprint density at radius 2 is 0.727 bits per heavy atom. The average molecular weight is 951 g/mol. The van der Waals surface area contributed by atoms with Gasteiger partial charge in [-0.15, -0.1) is 0 Å². The van der Waals surface area contributed by atoms with Crippen LogP contribution >= 0.6 is 0 Å². The molecule has 0 fully saturated rings. The van der Waals surface area contributed by atoms with Gasteiger partial charge >= 0.3 is 48.6 Å². The molecular weight excluding hydrogens is 916 g/mol. The normalized spacial score (nSPS) is 11.9. The maximum atomic E-state index is 14.7. The molecule has 0 aromatic heterocycles. The molecule has 0 aliphatic rings. The van der Waals surface area contributed by atoms with E-state index in [1.54, 1.807) is 0 Å². The summed E-state index contributed by atoms with van der Waals surface area (Å²) in [4.78, 5) is 48.0. The lowest BCUT2D eigenvalue weighted by Gasteiger charge is -2.25. The lowest BCUT2D eigenvalue weighted by molar-refractivity contribution is -0.163. The van der Waals surface area contributed by atoms with E-state index in [2.05, 4.69) is 22.6 Å². The van der Waals surface area contributed by atoms with Gasteiger partial charge in [-0.25, -0.2) is 19.2 Å². The van der Waals surface area contributed by atoms with Crippen LogP contribution < -0.4 is 18.9 Å². The summed E-state index contributed by atoms with van der Waals surface area (Å²) in [7, 11) is 0. The Kier molecular flexibility index (Phi) is 17.0. The molecule has 4 aromatic carbocycles. The van der Waals surface area contributed by atoms with Gasteiger partial charge in [0.1, 0.15) is 34.1 Å². The fraction of sp³-hybridized carbons (Fsp3) is 0.273. The van der Waals surface area contributed by atoms with E-state index in [4.69, 9.17) is 18.9 Å². The van der Waals surface area contributed by atoms with Crippen molar-refractivity contribution in [2.75, 3.05) is 26.4 Å². The molecule has 0 unspecified atom stereocenters. The minimum atomic E-state index is -6.27. The van der Waals surface area contributed by atoms with Crippen LogP contribution in [0.3, 0.4) is 0 Å². The summed E-state index contributed by atoms with van der Waals surface area (Å²) in [5, 5.41) is 0. The van der Waals surface area contributed by atoms with Crippen LogP contribution in [0.4, 0.5) is 52.7 Å². The Balaban J connectivity index is 1.67. The van der Waals surface area contributed by atoms with Gasteiger partial charge in [-0.05, 0) is 97.5 Å². The summed E-state index contributed by atoms with van der Waals surface area (Å²) in [6, 6.07) is 8.41. The van der Waals surface area contributed by atoms with Crippen LogP contribution in [-0.2, 0) is 43.8 Å². The first-order valence-electron chi connectivity index (χ1n) is 19.0. The molecule has 22 heteroatoms. The Hall–Kier alpha value is -7.00. The second-order valence-electron chi connectivity index (χ2n) is 13.4. The molecular formula is C44H34F12O10. The highest BCUT2D eigenvalue weighted by molar-refractivity contribution is 5.93. The van der Waals surface area contributed by atoms with Gasteiger partial charge in [0, 0.05) is 12.2 Å². The number of unbranched alkanes of at least 4 members (excludes halogenated alkanes) is 2. The van der Waals surface area contributed by atoms with E-state index in [0.29, 0.717) is 25.7 Å². The first-order chi connectivity index (χ1) is 30.9. The van der Waals surface area contributed by atoms with Crippen molar-refractivity contribution in [3.05, 3.63) is 131 Å². The third-order valence-electron chi connectivity index (χ3n) is 8.78. The van der Waals surface area contributed by atoms with Crippen molar-refractivity contribution < 1.29 is 100 Å². The number of ether oxygens (including phenoxy) is 6. The molecule has 4 aromatic rings. The van der Waals surface area contributed by atoms with E-state index in [-0.39, 0.29) is 62.2 Å². The largest absolute Gasteiger partial charge is 0.494 e. The first-order valence-corrected chi connectivity index (χ1v) is 19.0. The number of halogens is 12. The zero-order chi connectivity index (χ0) is 49.0. The lowest BCUT2D eigenvalue weighted by Crippen LogP contribution is -2.23. The first kappa shape index (κ1) is 51.6. The van der Waals surface area contributed by atoms with E-state index < -0.39 is 105 Å². The molecule has 4 rings (SSSR count). The minimum Gasteiger partial charge on any atom is -0.494 e. The van der Waals surface area contributed by atoms with Crippen molar-refractivity contribution in [3.63, 3.8) is 0 Å². The van der Waals surface area contributed by atoms with Crippen LogP contribution in [0.2, 0.25) is 0 Å². The van der Waals surface area contributed by atoms with Gasteiger partial charge in [-0.3, -0.25) is 0 Å². The average Bonchev–Trinajstić information content (AvgIpc) is 3.24. The summed E-state index contributed by atoms with van der Waals surface area (Å²) in [5.41, 5.74) is -16.8. The molecule has 66 heavy (non-hydrogen) atoms. The predicted molar refractivity (Wildman–Crippen MR) is 206 cm³/mol. The van der Waals surface area contributed by atoms with Crippen LogP contribution in [0.25, 0.3) is 11.1 Å². The highest BCUT2D eigenvalue weighted by Gasteiger charge is 2.52. The Morgan fingerprint density at radius 3 is 1.02 bits per heavy atom. The zero-order valence-electron chi connectivity index (χ0n) is 33.8. The van der Waals surface area contributed by atoms with Crippen molar-refractivity contribution in [2.24, 2.45) is 0 Å². The van der Waals surface area contributed by atoms with Crippen molar-refractivity contribution in [2.45, 2.75) is 50.4 Å². The fourth-order valence-electron chi connectivity index (χ4n) is 5.88. The molecule has 0 heterocycles. The van der Waals surface area contributed by atoms with Gasteiger partial charge in [-0.1, -0.05) is 25.3 Å². The molecule has 0 N–H and O–H groups in total. The van der Waals surface area contributed by atoms with Crippen LogP contribution in [0.1, 0.15) is 68.7 Å². The molecule has 0 bridgehead atoms. The van der Waals surface area contributed by atoms with Crippen LogP contribution in [0.15, 0.2) is 98.1 Å². The highest BCUT2D eigenvalue weighted by atomic mass is 19.4. The molecule has 0 spiro atoms. The topological polar surface area (TPSA) is 124 Å². The van der Waals surface area contributed by atoms with Crippen molar-refractivity contribution in [1.82, 2.24) is 0 Å². The van der Waals surface area contributed by atoms with Gasteiger partial charge in [-0.2, -0.15) is 52.7 Å². The maximum absolute atomic E-state index is 14.7. The SMILES string of the molecule is C=CC(=O)OCCCCOc1ccc(C(=O)Oc2ccc(-c3ccc(OC(=O)c4ccc(OCCCCOC(=O)C=C)cc4)c(C(F)(F)F)c3C(F)(F)F)c(C(F)(F)F)c2C(F)(F)F)cc1. The number of alkyl halides is 12. The van der Waals surface area contributed by atoms with E-state index >= 15 is 0 Å². The summed E-state index contributed by atoms with van der Waals surface area (Å²) in [6.45, 7) is 6.71. The molecule has 0 radical (unpaired) electrons. The predicted octanol–water partition coefficient (Wildman–Crippen LogP) is 11.6. The molecule has 0 saturated carbocycles. The number of carbonyl (C=O) groups excluding carboxylic acids is 4. The Labute approximate surface area is 366 Å². The molecule has 0 saturated heterocycles. The molecule has 354 valence electrons. The van der Waals surface area contributed by atoms with Crippen LogP contribution in [0, 0.1) is 0 Å². The van der Waals surface area contributed by atoms with Gasteiger partial charge in [0.05, 0.1) is 48.7 Å². The summed E-state index contributed by atoms with van der Waals surface area (Å²) in [5.74, 6) is -8.13. The third-order valence-corrected chi connectivity index (χ3v) is 8.78. The lowest BCUT2D eigenvalue weighted by atomic mass is 9.88. The molecule has 0 amide bonds. The number of esters is 4. The molecule has 0 aliphatic carbocycles. The van der Waals surface area contributed by atoms with E-state index in [9.17, 15) is 71.9 Å². The molecule has 0 aliphatic heterocycles. The second kappa shape index (κ2) is 21.8. The number of benzene rings is 4. The van der Waals surface area contributed by atoms with Gasteiger partial charge < -0.3 is 28.4 Å². The van der Waals surface area contributed by atoms with Crippen molar-refractivity contribution in [1.29, 1.82) is 0 Å². The van der Waals surface area contributed by atoms with Gasteiger partial charge in [0.2, 0.25) is 0 Å². The maximum Gasteiger partial charge on any atom is 0.420 e. The standard InChI is InChI=1S/C44H34F12O10/c1-3-33(57)63-23-7-5-21-61-27-13-9-25(10-14-27)39(59)65-31-19-17-29(35(41(45,46)47)37(31)43(51,52)53)30-18-20-32(38(44(54,55)56)36(30)42(48,49)50)66-40(60)26-11-15-28(16-12-26)62-22-6-8-24-64-34(58)4-2/h3-4,9-20H,1-2,5-8,21-24H2.